The molecule has 4 bridgehead atoms. The summed E-state index contributed by atoms with van der Waals surface area (Å²) in [7, 11) is 0. The lowest BCUT2D eigenvalue weighted by Gasteiger charge is -2.57. The van der Waals surface area contributed by atoms with Crippen molar-refractivity contribution in [3.05, 3.63) is 35.2 Å². The first-order valence-electron chi connectivity index (χ1n) is 11.8. The summed E-state index contributed by atoms with van der Waals surface area (Å²) in [6, 6.07) is 2.22. The highest BCUT2D eigenvalue weighted by atomic mass is 16.5. The molecule has 4 fully saturated rings. The van der Waals surface area contributed by atoms with Crippen molar-refractivity contribution in [2.24, 2.45) is 17.3 Å². The zero-order valence-electron chi connectivity index (χ0n) is 19.1. The SMILES string of the molecule is CC12CC34Cc5cnoc5[C@@](C)(CCC(=O)Nc5c(O)ccc(C(=O)O)c5O)C3C(CC1C4)O2. The third-order valence-corrected chi connectivity index (χ3v) is 9.10. The van der Waals surface area contributed by atoms with Crippen LogP contribution < -0.4 is 5.32 Å². The van der Waals surface area contributed by atoms with Gasteiger partial charge in [0, 0.05) is 23.3 Å². The van der Waals surface area contributed by atoms with Gasteiger partial charge < -0.3 is 29.9 Å². The molecule has 2 saturated heterocycles. The molecular weight excluding hydrogens is 440 g/mol. The largest absolute Gasteiger partial charge is 0.506 e. The van der Waals surface area contributed by atoms with E-state index in [4.69, 9.17) is 9.26 Å². The average Bonchev–Trinajstić information content (AvgIpc) is 3.37. The number of carboxylic acid groups (broad SMARTS) is 1. The molecule has 34 heavy (non-hydrogen) atoms. The molecule has 0 radical (unpaired) electrons. The standard InChI is InChI=1S/C25H28N2O7/c1-23(6-5-17(29)27-18-15(28)4-3-14(19(18)30)22(31)32)20-16-7-13-9-25(20,11-24(13,2)33-16)8-12-10-26-34-21(12)23/h3-4,10,13,16,20,28,30H,5-9,11H2,1-2H3,(H,27,29)(H,31,32)/t13?,16?,20?,23-,24?,25?/m0/s1. The predicted molar refractivity (Wildman–Crippen MR) is 119 cm³/mol. The van der Waals surface area contributed by atoms with Crippen LogP contribution in [-0.4, -0.2) is 44.1 Å². The van der Waals surface area contributed by atoms with Crippen molar-refractivity contribution in [3.8, 4) is 11.5 Å². The second kappa shape index (κ2) is 6.75. The van der Waals surface area contributed by atoms with E-state index in [1.807, 2.05) is 6.20 Å². The molecule has 9 nitrogen and oxygen atoms in total. The van der Waals surface area contributed by atoms with E-state index >= 15 is 0 Å². The fourth-order valence-corrected chi connectivity index (χ4v) is 8.03. The van der Waals surface area contributed by atoms with Crippen LogP contribution in [-0.2, 0) is 21.4 Å². The Bertz CT molecular complexity index is 1220. The Balaban J connectivity index is 1.28. The Morgan fingerprint density at radius 1 is 1.26 bits per heavy atom. The predicted octanol–water partition coefficient (Wildman–Crippen LogP) is 3.59. The smallest absolute Gasteiger partial charge is 0.339 e. The van der Waals surface area contributed by atoms with E-state index < -0.39 is 34.4 Å². The number of benzene rings is 1. The maximum atomic E-state index is 12.9. The zero-order valence-corrected chi connectivity index (χ0v) is 19.1. The molecule has 180 valence electrons. The summed E-state index contributed by atoms with van der Waals surface area (Å²) in [5.74, 6) is -1.28. The fraction of sp³-hybridized carbons (Fsp3) is 0.560. The van der Waals surface area contributed by atoms with Gasteiger partial charge in [-0.05, 0) is 62.5 Å². The van der Waals surface area contributed by atoms with Crippen molar-refractivity contribution < 1.29 is 34.2 Å². The van der Waals surface area contributed by atoms with Gasteiger partial charge in [0.15, 0.2) is 5.75 Å². The Hall–Kier alpha value is -3.07. The molecule has 9 heteroatoms. The number of rotatable bonds is 5. The van der Waals surface area contributed by atoms with Gasteiger partial charge in [-0.2, -0.15) is 0 Å². The van der Waals surface area contributed by atoms with Crippen LogP contribution in [0.1, 0.15) is 67.6 Å². The maximum Gasteiger partial charge on any atom is 0.339 e. The van der Waals surface area contributed by atoms with Crippen molar-refractivity contribution in [3.63, 3.8) is 0 Å². The van der Waals surface area contributed by atoms with Gasteiger partial charge in [0.25, 0.3) is 0 Å². The van der Waals surface area contributed by atoms with E-state index in [1.165, 1.54) is 0 Å². The molecule has 1 aromatic carbocycles. The number of phenolic OH excluding ortho intramolecular Hbond substituents is 1. The Kier molecular flexibility index (Phi) is 4.26. The zero-order chi connectivity index (χ0) is 24.0. The lowest BCUT2D eigenvalue weighted by Crippen LogP contribution is -2.57. The molecule has 2 saturated carbocycles. The summed E-state index contributed by atoms with van der Waals surface area (Å²) in [6.45, 7) is 4.37. The lowest BCUT2D eigenvalue weighted by molar-refractivity contribution is -0.162. The number of aromatic nitrogens is 1. The van der Waals surface area contributed by atoms with Crippen LogP contribution >= 0.6 is 0 Å². The van der Waals surface area contributed by atoms with Crippen LogP contribution in [0.5, 0.6) is 11.5 Å². The van der Waals surface area contributed by atoms with Gasteiger partial charge in [-0.25, -0.2) is 4.79 Å². The number of fused-ring (bicyclic) bond motifs is 1. The highest BCUT2D eigenvalue weighted by Gasteiger charge is 2.72. The van der Waals surface area contributed by atoms with Crippen molar-refractivity contribution in [1.29, 1.82) is 0 Å². The minimum atomic E-state index is -1.36. The number of nitrogens with one attached hydrogen (secondary N) is 1. The molecule has 7 rings (SSSR count). The Labute approximate surface area is 196 Å². The van der Waals surface area contributed by atoms with E-state index in [1.54, 1.807) is 0 Å². The topological polar surface area (TPSA) is 142 Å². The number of ether oxygens (including phenoxy) is 1. The summed E-state index contributed by atoms with van der Waals surface area (Å²) in [6.07, 6.45) is 6.54. The summed E-state index contributed by atoms with van der Waals surface area (Å²) in [5.41, 5.74) is -0.0204. The first kappa shape index (κ1) is 21.5. The summed E-state index contributed by atoms with van der Waals surface area (Å²) in [5, 5.41) is 36.2. The van der Waals surface area contributed by atoms with Crippen LogP contribution in [0.4, 0.5) is 5.69 Å². The molecule has 4 N–H and O–H groups in total. The highest BCUT2D eigenvalue weighted by Crippen LogP contribution is 2.72. The molecule has 2 aromatic rings. The average molecular weight is 469 g/mol. The first-order chi connectivity index (χ1) is 16.1. The van der Waals surface area contributed by atoms with Crippen LogP contribution in [0.15, 0.2) is 22.9 Å². The Morgan fingerprint density at radius 3 is 2.79 bits per heavy atom. The molecule has 1 spiro atoms. The fourth-order valence-electron chi connectivity index (χ4n) is 8.03. The van der Waals surface area contributed by atoms with E-state index in [9.17, 15) is 24.9 Å². The number of anilines is 1. The van der Waals surface area contributed by atoms with E-state index in [2.05, 4.69) is 24.3 Å². The number of nitrogens with zero attached hydrogens (tertiary/aromatic N) is 1. The summed E-state index contributed by atoms with van der Waals surface area (Å²) < 4.78 is 12.3. The monoisotopic (exact) mass is 468 g/mol. The second-order valence-electron chi connectivity index (χ2n) is 11.1. The number of carboxylic acids is 1. The molecule has 3 aliphatic carbocycles. The number of hydrogen-bond acceptors (Lipinski definition) is 7. The van der Waals surface area contributed by atoms with Crippen molar-refractivity contribution in [1.82, 2.24) is 5.16 Å². The Morgan fingerprint density at radius 2 is 2.06 bits per heavy atom. The van der Waals surface area contributed by atoms with Gasteiger partial charge in [0.1, 0.15) is 22.8 Å². The molecule has 3 heterocycles. The lowest BCUT2D eigenvalue weighted by atomic mass is 9.49. The highest BCUT2D eigenvalue weighted by molar-refractivity contribution is 5.99. The number of aromatic hydroxyl groups is 2. The molecule has 5 aliphatic rings. The third kappa shape index (κ3) is 2.73. The molecule has 1 aromatic heterocycles. The van der Waals surface area contributed by atoms with E-state index in [-0.39, 0.29) is 35.1 Å². The molecule has 6 atom stereocenters. The normalized spacial score (nSPS) is 36.8. The van der Waals surface area contributed by atoms with Crippen LogP contribution in [0.25, 0.3) is 0 Å². The van der Waals surface area contributed by atoms with Crippen molar-refractivity contribution in [2.75, 3.05) is 5.32 Å². The number of phenols is 2. The minimum Gasteiger partial charge on any atom is -0.506 e. The van der Waals surface area contributed by atoms with Crippen molar-refractivity contribution >= 4 is 17.6 Å². The molecular formula is C25H28N2O7. The quantitative estimate of drug-likeness (QED) is 0.488. The minimum absolute atomic E-state index is 0.0711. The molecule has 5 unspecified atom stereocenters. The van der Waals surface area contributed by atoms with Gasteiger partial charge in [-0.3, -0.25) is 4.79 Å². The molecule has 1 amide bonds. The van der Waals surface area contributed by atoms with E-state index in [0.29, 0.717) is 12.3 Å². The number of carbonyl (C=O) groups excluding carboxylic acids is 1. The van der Waals surface area contributed by atoms with Gasteiger partial charge >= 0.3 is 5.97 Å². The van der Waals surface area contributed by atoms with Gasteiger partial charge in [-0.15, -0.1) is 0 Å². The second-order valence-corrected chi connectivity index (χ2v) is 11.1. The molecule has 2 aliphatic heterocycles. The number of amides is 1. The third-order valence-electron chi connectivity index (χ3n) is 9.10. The number of carbonyl (C=O) groups is 2. The van der Waals surface area contributed by atoms with Crippen LogP contribution in [0.3, 0.4) is 0 Å². The van der Waals surface area contributed by atoms with Crippen molar-refractivity contribution in [2.45, 2.75) is 69.5 Å². The van der Waals surface area contributed by atoms with Crippen LogP contribution in [0.2, 0.25) is 0 Å². The van der Waals surface area contributed by atoms with Gasteiger partial charge in [0.05, 0.1) is 17.9 Å². The van der Waals surface area contributed by atoms with Crippen LogP contribution in [0, 0.1) is 17.3 Å². The summed E-state index contributed by atoms with van der Waals surface area (Å²) >= 11 is 0. The maximum absolute atomic E-state index is 12.9. The van der Waals surface area contributed by atoms with Gasteiger partial charge in [-0.1, -0.05) is 12.1 Å². The summed E-state index contributed by atoms with van der Waals surface area (Å²) in [4.78, 5) is 24.2. The van der Waals surface area contributed by atoms with Gasteiger partial charge in [0.2, 0.25) is 5.91 Å². The number of hydrogen-bond donors (Lipinski definition) is 4. The van der Waals surface area contributed by atoms with E-state index in [0.717, 1.165) is 49.1 Å². The first-order valence-corrected chi connectivity index (χ1v) is 11.8. The number of aromatic carboxylic acids is 1.